The highest BCUT2D eigenvalue weighted by molar-refractivity contribution is 7.73. The number of imidazole rings is 1. The third-order valence-corrected chi connectivity index (χ3v) is 6.65. The third kappa shape index (κ3) is 3.25. The van der Waals surface area contributed by atoms with Crippen LogP contribution in [-0.2, 0) is 6.42 Å². The van der Waals surface area contributed by atoms with Crippen LogP contribution in [0.1, 0.15) is 5.69 Å². The van der Waals surface area contributed by atoms with Crippen molar-refractivity contribution in [3.05, 3.63) is 97.0 Å². The van der Waals surface area contributed by atoms with Gasteiger partial charge in [-0.15, -0.1) is 0 Å². The minimum Gasteiger partial charge on any atom is -0.307 e. The van der Waals surface area contributed by atoms with Gasteiger partial charge in [0.2, 0.25) is 0 Å². The highest BCUT2D eigenvalue weighted by Crippen LogP contribution is 2.34. The zero-order valence-electron chi connectivity index (χ0n) is 13.4. The molecule has 0 bridgehead atoms. The van der Waals surface area contributed by atoms with E-state index >= 15 is 0 Å². The van der Waals surface area contributed by atoms with Gasteiger partial charge in [0.25, 0.3) is 0 Å². The maximum atomic E-state index is 4.75. The summed E-state index contributed by atoms with van der Waals surface area (Å²) in [5, 5.41) is 2.87. The highest BCUT2D eigenvalue weighted by Gasteiger charge is 2.14. The standard InChI is InChI=1S/C21H19N2P/c1-3-9-19(10-4-1)24(20-11-5-2-6-12-20)16-14-18-17-23-15-8-7-13-21(23)22-18/h1-13,15,17H,14,16H2. The van der Waals surface area contributed by atoms with E-state index in [-0.39, 0.29) is 7.92 Å². The first-order chi connectivity index (χ1) is 11.9. The normalized spacial score (nSPS) is 11.2. The molecule has 0 amide bonds. The van der Waals surface area contributed by atoms with Crippen LogP contribution in [0.3, 0.4) is 0 Å². The first-order valence-electron chi connectivity index (χ1n) is 8.20. The Morgan fingerprint density at radius 2 is 1.38 bits per heavy atom. The van der Waals surface area contributed by atoms with Gasteiger partial charge in [-0.05, 0) is 43.2 Å². The molecular formula is C21H19N2P. The van der Waals surface area contributed by atoms with Crippen LogP contribution in [-0.4, -0.2) is 15.5 Å². The van der Waals surface area contributed by atoms with Gasteiger partial charge in [0.15, 0.2) is 0 Å². The van der Waals surface area contributed by atoms with E-state index in [1.54, 1.807) is 0 Å². The molecule has 118 valence electrons. The van der Waals surface area contributed by atoms with Crippen molar-refractivity contribution in [3.8, 4) is 0 Å². The predicted molar refractivity (Wildman–Crippen MR) is 103 cm³/mol. The molecule has 0 aliphatic rings. The highest BCUT2D eigenvalue weighted by atomic mass is 31.1. The zero-order valence-corrected chi connectivity index (χ0v) is 14.3. The van der Waals surface area contributed by atoms with Crippen LogP contribution in [0.25, 0.3) is 5.65 Å². The molecule has 2 heterocycles. The maximum Gasteiger partial charge on any atom is 0.136 e. The first-order valence-corrected chi connectivity index (χ1v) is 9.73. The topological polar surface area (TPSA) is 17.3 Å². The van der Waals surface area contributed by atoms with Gasteiger partial charge in [-0.2, -0.15) is 0 Å². The summed E-state index contributed by atoms with van der Waals surface area (Å²) in [6.07, 6.45) is 6.33. The summed E-state index contributed by atoms with van der Waals surface area (Å²) >= 11 is 0. The fourth-order valence-electron chi connectivity index (χ4n) is 2.96. The molecule has 2 aromatic heterocycles. The lowest BCUT2D eigenvalue weighted by Gasteiger charge is -2.18. The molecule has 0 N–H and O–H groups in total. The number of pyridine rings is 1. The minimum absolute atomic E-state index is 0.353. The van der Waals surface area contributed by atoms with E-state index in [0.717, 1.165) is 18.2 Å². The van der Waals surface area contributed by atoms with Crippen LogP contribution in [0, 0.1) is 0 Å². The Labute approximate surface area is 143 Å². The van der Waals surface area contributed by atoms with Crippen molar-refractivity contribution in [1.82, 2.24) is 9.38 Å². The second kappa shape index (κ2) is 6.98. The number of aryl methyl sites for hydroxylation is 1. The second-order valence-electron chi connectivity index (χ2n) is 5.77. The second-order valence-corrected chi connectivity index (χ2v) is 8.11. The van der Waals surface area contributed by atoms with Crippen molar-refractivity contribution in [2.45, 2.75) is 6.42 Å². The van der Waals surface area contributed by atoms with Crippen LogP contribution in [0.15, 0.2) is 91.3 Å². The number of fused-ring (bicyclic) bond motifs is 1. The molecule has 4 rings (SSSR count). The van der Waals surface area contributed by atoms with Crippen LogP contribution >= 0.6 is 7.92 Å². The Morgan fingerprint density at radius 1 is 0.750 bits per heavy atom. The van der Waals surface area contributed by atoms with Gasteiger partial charge in [0, 0.05) is 12.4 Å². The Balaban J connectivity index is 1.60. The Kier molecular flexibility index (Phi) is 4.40. The molecule has 2 nitrogen and oxygen atoms in total. The van der Waals surface area contributed by atoms with Crippen LogP contribution in [0.2, 0.25) is 0 Å². The lowest BCUT2D eigenvalue weighted by molar-refractivity contribution is 1.08. The molecule has 0 atom stereocenters. The molecule has 0 unspecified atom stereocenters. The predicted octanol–water partition coefficient (Wildman–Crippen LogP) is 4.01. The quantitative estimate of drug-likeness (QED) is 0.505. The molecule has 0 fully saturated rings. The van der Waals surface area contributed by atoms with E-state index in [1.807, 2.05) is 12.1 Å². The van der Waals surface area contributed by atoms with E-state index in [2.05, 4.69) is 83.5 Å². The SMILES string of the molecule is c1ccc(P(CCc2cn3ccccc3n2)c2ccccc2)cc1. The van der Waals surface area contributed by atoms with Crippen molar-refractivity contribution in [1.29, 1.82) is 0 Å². The van der Waals surface area contributed by atoms with Gasteiger partial charge < -0.3 is 4.40 Å². The molecule has 0 aliphatic carbocycles. The average molecular weight is 330 g/mol. The average Bonchev–Trinajstić information content (AvgIpc) is 3.07. The number of benzene rings is 2. The molecule has 0 saturated heterocycles. The number of nitrogens with zero attached hydrogens (tertiary/aromatic N) is 2. The van der Waals surface area contributed by atoms with Gasteiger partial charge in [-0.25, -0.2) is 4.98 Å². The molecule has 2 aromatic carbocycles. The van der Waals surface area contributed by atoms with Crippen LogP contribution in [0.5, 0.6) is 0 Å². The fraction of sp³-hybridized carbons (Fsp3) is 0.0952. The van der Waals surface area contributed by atoms with Gasteiger partial charge in [0.1, 0.15) is 5.65 Å². The monoisotopic (exact) mass is 330 g/mol. The molecule has 0 radical (unpaired) electrons. The summed E-state index contributed by atoms with van der Waals surface area (Å²) in [5.74, 6) is 0. The molecule has 3 heteroatoms. The molecule has 24 heavy (non-hydrogen) atoms. The van der Waals surface area contributed by atoms with Gasteiger partial charge in [-0.1, -0.05) is 66.7 Å². The minimum atomic E-state index is -0.353. The molecule has 4 aromatic rings. The van der Waals surface area contributed by atoms with E-state index in [9.17, 15) is 0 Å². The largest absolute Gasteiger partial charge is 0.307 e. The maximum absolute atomic E-state index is 4.75. The Morgan fingerprint density at radius 3 is 2.00 bits per heavy atom. The first kappa shape index (κ1) is 15.1. The smallest absolute Gasteiger partial charge is 0.136 e. The number of hydrogen-bond acceptors (Lipinski definition) is 1. The third-order valence-electron chi connectivity index (χ3n) is 4.14. The fourth-order valence-corrected chi connectivity index (χ4v) is 5.29. The van der Waals surface area contributed by atoms with Gasteiger partial charge in [0.05, 0.1) is 5.69 Å². The van der Waals surface area contributed by atoms with Gasteiger partial charge in [-0.3, -0.25) is 0 Å². The zero-order chi connectivity index (χ0) is 16.2. The van der Waals surface area contributed by atoms with E-state index in [0.29, 0.717) is 0 Å². The van der Waals surface area contributed by atoms with Crippen molar-refractivity contribution < 1.29 is 0 Å². The van der Waals surface area contributed by atoms with Crippen molar-refractivity contribution >= 4 is 24.2 Å². The summed E-state index contributed by atoms with van der Waals surface area (Å²) < 4.78 is 2.10. The Bertz CT molecular complexity index is 844. The lowest BCUT2D eigenvalue weighted by Crippen LogP contribution is -2.14. The van der Waals surface area contributed by atoms with E-state index in [4.69, 9.17) is 4.98 Å². The summed E-state index contributed by atoms with van der Waals surface area (Å²) in [6, 6.07) is 27.9. The van der Waals surface area contributed by atoms with E-state index < -0.39 is 0 Å². The molecule has 0 aliphatic heterocycles. The Hall–Kier alpha value is -2.44. The van der Waals surface area contributed by atoms with Crippen LogP contribution < -0.4 is 10.6 Å². The summed E-state index contributed by atoms with van der Waals surface area (Å²) in [6.45, 7) is 0. The number of rotatable bonds is 5. The summed E-state index contributed by atoms with van der Waals surface area (Å²) in [7, 11) is -0.353. The van der Waals surface area contributed by atoms with Gasteiger partial charge >= 0.3 is 0 Å². The molecular weight excluding hydrogens is 311 g/mol. The van der Waals surface area contributed by atoms with Crippen molar-refractivity contribution in [2.75, 3.05) is 6.16 Å². The number of hydrogen-bond donors (Lipinski definition) is 0. The molecule has 0 saturated carbocycles. The van der Waals surface area contributed by atoms with E-state index in [1.165, 1.54) is 16.3 Å². The number of aromatic nitrogens is 2. The van der Waals surface area contributed by atoms with Crippen LogP contribution in [0.4, 0.5) is 0 Å². The molecule has 0 spiro atoms. The van der Waals surface area contributed by atoms with Crippen molar-refractivity contribution in [2.24, 2.45) is 0 Å². The lowest BCUT2D eigenvalue weighted by atomic mass is 10.4. The summed E-state index contributed by atoms with van der Waals surface area (Å²) in [5.41, 5.74) is 2.19. The van der Waals surface area contributed by atoms with Crippen molar-refractivity contribution in [3.63, 3.8) is 0 Å². The summed E-state index contributed by atoms with van der Waals surface area (Å²) in [4.78, 5) is 4.75.